The van der Waals surface area contributed by atoms with E-state index in [9.17, 15) is 14.4 Å². The molecule has 156 valence electrons. The van der Waals surface area contributed by atoms with Gasteiger partial charge in [-0.1, -0.05) is 30.3 Å². The lowest BCUT2D eigenvalue weighted by molar-refractivity contribution is -0.145. The molecule has 0 aliphatic heterocycles. The topological polar surface area (TPSA) is 78.3 Å². The van der Waals surface area contributed by atoms with Gasteiger partial charge in [-0.3, -0.25) is 19.0 Å². The van der Waals surface area contributed by atoms with Crippen molar-refractivity contribution in [3.63, 3.8) is 0 Å². The van der Waals surface area contributed by atoms with Gasteiger partial charge in [-0.15, -0.1) is 11.3 Å². The van der Waals surface area contributed by atoms with Crippen LogP contribution in [0.25, 0.3) is 10.2 Å². The number of esters is 1. The minimum absolute atomic E-state index is 0.145. The summed E-state index contributed by atoms with van der Waals surface area (Å²) >= 11 is 1.48. The van der Waals surface area contributed by atoms with Crippen LogP contribution < -0.4 is 5.56 Å². The molecule has 4 rings (SSSR count). The SMILES string of the molecule is CCOC(=O)C1CCCc2sc3nc(C)n(C(C)C(=O)c4ccccc4)c(=O)c3c21. The van der Waals surface area contributed by atoms with Crippen LogP contribution in [0.4, 0.5) is 0 Å². The van der Waals surface area contributed by atoms with E-state index < -0.39 is 12.0 Å². The van der Waals surface area contributed by atoms with E-state index in [-0.39, 0.29) is 17.3 Å². The second-order valence-electron chi connectivity index (χ2n) is 7.56. The minimum atomic E-state index is -0.697. The van der Waals surface area contributed by atoms with Gasteiger partial charge in [-0.05, 0) is 45.6 Å². The number of aromatic nitrogens is 2. The number of benzene rings is 1. The number of rotatable bonds is 5. The van der Waals surface area contributed by atoms with Gasteiger partial charge in [-0.2, -0.15) is 0 Å². The number of Topliss-reactive ketones (excluding diaryl/α,β-unsaturated/α-hetero) is 1. The monoisotopic (exact) mass is 424 g/mol. The number of ether oxygens (including phenoxy) is 1. The smallest absolute Gasteiger partial charge is 0.313 e. The van der Waals surface area contributed by atoms with Gasteiger partial charge in [0, 0.05) is 10.4 Å². The Kier molecular flexibility index (Phi) is 5.56. The van der Waals surface area contributed by atoms with Gasteiger partial charge < -0.3 is 4.74 Å². The van der Waals surface area contributed by atoms with Crippen LogP contribution in [-0.2, 0) is 16.0 Å². The molecule has 2 atom stereocenters. The Hall–Kier alpha value is -2.80. The molecule has 0 saturated carbocycles. The summed E-state index contributed by atoms with van der Waals surface area (Å²) in [6.45, 7) is 5.55. The molecule has 1 aromatic carbocycles. The van der Waals surface area contributed by atoms with Crippen LogP contribution in [0.15, 0.2) is 35.1 Å². The van der Waals surface area contributed by atoms with E-state index in [2.05, 4.69) is 4.98 Å². The molecule has 0 spiro atoms. The number of thiophene rings is 1. The molecule has 3 aromatic rings. The van der Waals surface area contributed by atoms with Crippen molar-refractivity contribution >= 4 is 33.3 Å². The Morgan fingerprint density at radius 3 is 2.73 bits per heavy atom. The molecular formula is C23H24N2O4S. The Morgan fingerprint density at radius 1 is 1.30 bits per heavy atom. The predicted octanol–water partition coefficient (Wildman–Crippen LogP) is 4.19. The number of hydrogen-bond donors (Lipinski definition) is 0. The van der Waals surface area contributed by atoms with Crippen molar-refractivity contribution in [2.45, 2.75) is 52.0 Å². The van der Waals surface area contributed by atoms with E-state index >= 15 is 0 Å². The second-order valence-corrected chi connectivity index (χ2v) is 8.64. The first-order chi connectivity index (χ1) is 14.4. The lowest BCUT2D eigenvalue weighted by atomic mass is 9.86. The van der Waals surface area contributed by atoms with Crippen molar-refractivity contribution in [3.8, 4) is 0 Å². The molecule has 30 heavy (non-hydrogen) atoms. The van der Waals surface area contributed by atoms with Crippen LogP contribution in [0.1, 0.15) is 65.3 Å². The van der Waals surface area contributed by atoms with Crippen molar-refractivity contribution in [1.82, 2.24) is 9.55 Å². The van der Waals surface area contributed by atoms with E-state index in [1.807, 2.05) is 6.07 Å². The van der Waals surface area contributed by atoms with Crippen LogP contribution in [0.5, 0.6) is 0 Å². The summed E-state index contributed by atoms with van der Waals surface area (Å²) in [6, 6.07) is 8.24. The zero-order chi connectivity index (χ0) is 21.4. The highest BCUT2D eigenvalue weighted by Gasteiger charge is 2.34. The number of ketones is 1. The van der Waals surface area contributed by atoms with Crippen LogP contribution in [-0.4, -0.2) is 27.9 Å². The molecule has 2 unspecified atom stereocenters. The zero-order valence-electron chi connectivity index (χ0n) is 17.3. The number of carbonyl (C=O) groups excluding carboxylic acids is 2. The zero-order valence-corrected chi connectivity index (χ0v) is 18.1. The molecule has 7 heteroatoms. The third-order valence-corrected chi connectivity index (χ3v) is 6.85. The van der Waals surface area contributed by atoms with Gasteiger partial charge in [0.2, 0.25) is 0 Å². The van der Waals surface area contributed by atoms with Crippen molar-refractivity contribution in [1.29, 1.82) is 0 Å². The Labute approximate surface area is 178 Å². The Bertz CT molecular complexity index is 1180. The fourth-order valence-corrected chi connectivity index (χ4v) is 5.60. The number of hydrogen-bond acceptors (Lipinski definition) is 6. The summed E-state index contributed by atoms with van der Waals surface area (Å²) in [6.07, 6.45) is 2.35. The van der Waals surface area contributed by atoms with Crippen molar-refractivity contribution < 1.29 is 14.3 Å². The summed E-state index contributed by atoms with van der Waals surface area (Å²) in [7, 11) is 0. The maximum atomic E-state index is 13.6. The van der Waals surface area contributed by atoms with E-state index in [1.165, 1.54) is 15.9 Å². The molecule has 2 aromatic heterocycles. The molecule has 0 radical (unpaired) electrons. The van der Waals surface area contributed by atoms with E-state index in [4.69, 9.17) is 4.74 Å². The fourth-order valence-electron chi connectivity index (χ4n) is 4.29. The predicted molar refractivity (Wildman–Crippen MR) is 116 cm³/mol. The largest absolute Gasteiger partial charge is 0.466 e. The number of fused-ring (bicyclic) bond motifs is 3. The lowest BCUT2D eigenvalue weighted by Crippen LogP contribution is -2.32. The van der Waals surface area contributed by atoms with Crippen LogP contribution >= 0.6 is 11.3 Å². The molecule has 0 fully saturated rings. The first-order valence-electron chi connectivity index (χ1n) is 10.2. The maximum Gasteiger partial charge on any atom is 0.313 e. The third kappa shape index (κ3) is 3.37. The van der Waals surface area contributed by atoms with Gasteiger partial charge in [0.15, 0.2) is 5.78 Å². The quantitative estimate of drug-likeness (QED) is 0.453. The Balaban J connectivity index is 1.87. The van der Waals surface area contributed by atoms with Gasteiger partial charge >= 0.3 is 5.97 Å². The summed E-state index contributed by atoms with van der Waals surface area (Å²) in [5.74, 6) is -0.394. The molecule has 6 nitrogen and oxygen atoms in total. The molecule has 0 bridgehead atoms. The van der Waals surface area contributed by atoms with Gasteiger partial charge in [0.1, 0.15) is 10.7 Å². The molecule has 0 amide bonds. The van der Waals surface area contributed by atoms with Gasteiger partial charge in [-0.25, -0.2) is 4.98 Å². The standard InChI is InChI=1S/C23H24N2O4S/c1-4-29-23(28)16-11-8-12-17-18(16)19-21(30-17)24-14(3)25(22(19)27)13(2)20(26)15-9-6-5-7-10-15/h5-7,9-10,13,16H,4,8,11-12H2,1-3H3. The minimum Gasteiger partial charge on any atom is -0.466 e. The van der Waals surface area contributed by atoms with Gasteiger partial charge in [0.05, 0.1) is 24.0 Å². The average Bonchev–Trinajstić information content (AvgIpc) is 3.12. The number of aryl methyl sites for hydroxylation is 2. The van der Waals surface area contributed by atoms with Crippen LogP contribution in [0, 0.1) is 6.92 Å². The highest BCUT2D eigenvalue weighted by atomic mass is 32.1. The van der Waals surface area contributed by atoms with E-state index in [1.54, 1.807) is 45.0 Å². The highest BCUT2D eigenvalue weighted by Crippen LogP contribution is 2.41. The lowest BCUT2D eigenvalue weighted by Gasteiger charge is -2.22. The molecule has 0 N–H and O–H groups in total. The average molecular weight is 425 g/mol. The van der Waals surface area contributed by atoms with Crippen molar-refractivity contribution in [3.05, 3.63) is 62.5 Å². The summed E-state index contributed by atoms with van der Waals surface area (Å²) < 4.78 is 6.74. The highest BCUT2D eigenvalue weighted by molar-refractivity contribution is 7.18. The van der Waals surface area contributed by atoms with E-state index in [0.29, 0.717) is 34.6 Å². The first kappa shape index (κ1) is 20.5. The Morgan fingerprint density at radius 2 is 2.03 bits per heavy atom. The van der Waals surface area contributed by atoms with E-state index in [0.717, 1.165) is 23.3 Å². The molecular weight excluding hydrogens is 400 g/mol. The van der Waals surface area contributed by atoms with Crippen molar-refractivity contribution in [2.24, 2.45) is 0 Å². The molecule has 1 aliphatic rings. The molecule has 1 aliphatic carbocycles. The number of carbonyl (C=O) groups is 2. The normalized spacial score (nSPS) is 16.8. The van der Waals surface area contributed by atoms with Crippen LogP contribution in [0.3, 0.4) is 0 Å². The second kappa shape index (κ2) is 8.14. The maximum absolute atomic E-state index is 13.6. The fraction of sp³-hybridized carbons (Fsp3) is 0.391. The molecule has 2 heterocycles. The number of nitrogens with zero attached hydrogens (tertiary/aromatic N) is 2. The first-order valence-corrected chi connectivity index (χ1v) is 11.1. The summed E-state index contributed by atoms with van der Waals surface area (Å²) in [5, 5.41) is 0.464. The summed E-state index contributed by atoms with van der Waals surface area (Å²) in [4.78, 5) is 45.5. The summed E-state index contributed by atoms with van der Waals surface area (Å²) in [5.41, 5.74) is 1.04. The molecule has 0 saturated heterocycles. The van der Waals surface area contributed by atoms with Crippen LogP contribution in [0.2, 0.25) is 0 Å². The third-order valence-electron chi connectivity index (χ3n) is 5.69. The van der Waals surface area contributed by atoms with Crippen molar-refractivity contribution in [2.75, 3.05) is 6.61 Å². The van der Waals surface area contributed by atoms with Gasteiger partial charge in [0.25, 0.3) is 5.56 Å².